The van der Waals surface area contributed by atoms with Crippen molar-refractivity contribution in [3.05, 3.63) is 48.6 Å². The molecule has 0 aromatic carbocycles. The van der Waals surface area contributed by atoms with E-state index in [0.29, 0.717) is 19.4 Å². The van der Waals surface area contributed by atoms with Gasteiger partial charge in [-0.25, -0.2) is 0 Å². The lowest BCUT2D eigenvalue weighted by Crippen LogP contribution is -2.45. The fourth-order valence-corrected chi connectivity index (χ4v) is 9.67. The van der Waals surface area contributed by atoms with Crippen LogP contribution in [0, 0.1) is 0 Å². The lowest BCUT2D eigenvalue weighted by atomic mass is 10.0. The Bertz CT molecular complexity index is 1210. The van der Waals surface area contributed by atoms with Crippen LogP contribution in [0.3, 0.4) is 0 Å². The van der Waals surface area contributed by atoms with Gasteiger partial charge >= 0.3 is 5.97 Å². The second-order valence-corrected chi connectivity index (χ2v) is 21.7. The highest BCUT2D eigenvalue weighted by Crippen LogP contribution is 2.17. The Morgan fingerprint density at radius 2 is 0.722 bits per heavy atom. The summed E-state index contributed by atoms with van der Waals surface area (Å²) in [5.41, 5.74) is 0. The Morgan fingerprint density at radius 1 is 0.389 bits per heavy atom. The summed E-state index contributed by atoms with van der Waals surface area (Å²) in [4.78, 5) is 24.5. The molecular formula is C66H123NO5. The zero-order chi connectivity index (χ0) is 52.2. The molecule has 0 aromatic rings. The van der Waals surface area contributed by atoms with Crippen LogP contribution in [0.5, 0.6) is 0 Å². The third kappa shape index (κ3) is 57.1. The minimum Gasteiger partial charge on any atom is -0.466 e. The fraction of sp³-hybridized carbons (Fsp3) is 0.848. The van der Waals surface area contributed by atoms with E-state index in [1.165, 1.54) is 257 Å². The van der Waals surface area contributed by atoms with Crippen molar-refractivity contribution in [3.8, 4) is 0 Å². The van der Waals surface area contributed by atoms with Crippen molar-refractivity contribution in [2.24, 2.45) is 0 Å². The van der Waals surface area contributed by atoms with Crippen LogP contribution in [-0.2, 0) is 14.3 Å². The highest BCUT2D eigenvalue weighted by molar-refractivity contribution is 5.76. The molecule has 0 aliphatic heterocycles. The summed E-state index contributed by atoms with van der Waals surface area (Å²) in [6.07, 6.45) is 78.8. The van der Waals surface area contributed by atoms with E-state index in [2.05, 4.69) is 55.6 Å². The molecule has 0 fully saturated rings. The van der Waals surface area contributed by atoms with E-state index in [0.717, 1.165) is 51.4 Å². The first kappa shape index (κ1) is 69.8. The van der Waals surface area contributed by atoms with E-state index >= 15 is 0 Å². The van der Waals surface area contributed by atoms with Gasteiger partial charge in [-0.05, 0) is 83.5 Å². The first-order valence-electron chi connectivity index (χ1n) is 31.9. The third-order valence-corrected chi connectivity index (χ3v) is 14.5. The van der Waals surface area contributed by atoms with Crippen molar-refractivity contribution in [2.45, 2.75) is 347 Å². The van der Waals surface area contributed by atoms with Gasteiger partial charge in [0.05, 0.1) is 25.4 Å². The maximum absolute atomic E-state index is 12.5. The molecule has 72 heavy (non-hydrogen) atoms. The first-order valence-corrected chi connectivity index (χ1v) is 31.9. The number of amides is 1. The van der Waals surface area contributed by atoms with Gasteiger partial charge in [-0.2, -0.15) is 0 Å². The number of allylic oxidation sites excluding steroid dienone is 7. The van der Waals surface area contributed by atoms with Crippen LogP contribution in [0.4, 0.5) is 0 Å². The third-order valence-electron chi connectivity index (χ3n) is 14.5. The normalized spacial score (nSPS) is 12.9. The summed E-state index contributed by atoms with van der Waals surface area (Å²) in [7, 11) is 0. The molecule has 0 aliphatic rings. The van der Waals surface area contributed by atoms with E-state index in [-0.39, 0.29) is 18.5 Å². The molecule has 2 atom stereocenters. The molecule has 0 aliphatic carbocycles. The number of carbonyl (C=O) groups is 2. The second kappa shape index (κ2) is 61.4. The minimum atomic E-state index is -0.845. The van der Waals surface area contributed by atoms with Crippen molar-refractivity contribution >= 4 is 11.9 Å². The molecule has 3 N–H and O–H groups in total. The molecule has 6 nitrogen and oxygen atoms in total. The molecule has 6 heteroatoms. The standard InChI is InChI=1S/C66H123NO5/c1-3-5-7-9-11-13-15-17-31-35-38-42-46-50-54-58-64(69)63(62-68)67-65(70)59-55-51-47-43-39-36-32-29-27-25-23-21-19-18-20-22-24-26-28-30-33-37-41-45-49-53-57-61-72-66(71)60-56-52-48-44-40-34-16-14-12-10-8-6-4-2/h8,10,14,16,18-19,54,58,63-64,68-69H,3-7,9,11-13,15,17,20-53,55-57,59-62H2,1-2H3,(H,67,70)/b10-8-,16-14-,19-18-,58-54+. The van der Waals surface area contributed by atoms with Crippen molar-refractivity contribution in [1.29, 1.82) is 0 Å². The SMILES string of the molecule is CCC/C=C\C/C=C\CCCCCCCC(=O)OCCCCCCCCCCCCCC/C=C\CCCCCCCCCCCCCC(=O)NC(CO)C(O)/C=C/CCCCCCCCCCCCCCC. The molecule has 0 rings (SSSR count). The molecular weight excluding hydrogens is 887 g/mol. The molecule has 0 heterocycles. The van der Waals surface area contributed by atoms with Crippen LogP contribution >= 0.6 is 0 Å². The predicted octanol–water partition coefficient (Wildman–Crippen LogP) is 20.1. The van der Waals surface area contributed by atoms with Crippen LogP contribution in [0.2, 0.25) is 0 Å². The average Bonchev–Trinajstić information content (AvgIpc) is 3.38. The topological polar surface area (TPSA) is 95.9 Å². The number of ether oxygens (including phenoxy) is 1. The quantitative estimate of drug-likeness (QED) is 0.0320. The van der Waals surface area contributed by atoms with Gasteiger partial charge in [0, 0.05) is 12.8 Å². The number of esters is 1. The van der Waals surface area contributed by atoms with Gasteiger partial charge in [-0.15, -0.1) is 0 Å². The summed E-state index contributed by atoms with van der Waals surface area (Å²) in [5.74, 6) is -0.0689. The number of nitrogens with one attached hydrogen (secondary N) is 1. The Morgan fingerprint density at radius 3 is 1.12 bits per heavy atom. The van der Waals surface area contributed by atoms with Crippen LogP contribution in [0.15, 0.2) is 48.6 Å². The van der Waals surface area contributed by atoms with Crippen LogP contribution in [-0.4, -0.2) is 47.4 Å². The monoisotopic (exact) mass is 1010 g/mol. The number of hydrogen-bond acceptors (Lipinski definition) is 5. The number of aliphatic hydroxyl groups is 2. The fourth-order valence-electron chi connectivity index (χ4n) is 9.67. The minimum absolute atomic E-state index is 0.000977. The summed E-state index contributed by atoms with van der Waals surface area (Å²) in [5, 5.41) is 23.1. The van der Waals surface area contributed by atoms with E-state index in [4.69, 9.17) is 4.74 Å². The molecule has 0 saturated carbocycles. The molecule has 2 unspecified atom stereocenters. The smallest absolute Gasteiger partial charge is 0.305 e. The molecule has 0 spiro atoms. The van der Waals surface area contributed by atoms with Crippen LogP contribution in [0.1, 0.15) is 335 Å². The van der Waals surface area contributed by atoms with E-state index in [1.54, 1.807) is 6.08 Å². The van der Waals surface area contributed by atoms with Gasteiger partial charge in [0.1, 0.15) is 0 Å². The van der Waals surface area contributed by atoms with Crippen LogP contribution in [0.25, 0.3) is 0 Å². The van der Waals surface area contributed by atoms with Gasteiger partial charge in [-0.1, -0.05) is 287 Å². The summed E-state index contributed by atoms with van der Waals surface area (Å²) in [6, 6.07) is -0.629. The highest BCUT2D eigenvalue weighted by Gasteiger charge is 2.18. The maximum Gasteiger partial charge on any atom is 0.305 e. The Balaban J connectivity index is 3.41. The van der Waals surface area contributed by atoms with Gasteiger partial charge < -0.3 is 20.3 Å². The largest absolute Gasteiger partial charge is 0.466 e. The van der Waals surface area contributed by atoms with Crippen LogP contribution < -0.4 is 5.32 Å². The van der Waals surface area contributed by atoms with Gasteiger partial charge in [-0.3, -0.25) is 9.59 Å². The lowest BCUT2D eigenvalue weighted by Gasteiger charge is -2.20. The van der Waals surface area contributed by atoms with Gasteiger partial charge in [0.15, 0.2) is 0 Å². The Hall–Kier alpha value is -2.18. The van der Waals surface area contributed by atoms with E-state index in [1.807, 2.05) is 6.08 Å². The zero-order valence-electron chi connectivity index (χ0n) is 48.2. The zero-order valence-corrected chi connectivity index (χ0v) is 48.2. The predicted molar refractivity (Wildman–Crippen MR) is 315 cm³/mol. The second-order valence-electron chi connectivity index (χ2n) is 21.7. The summed E-state index contributed by atoms with van der Waals surface area (Å²) >= 11 is 0. The highest BCUT2D eigenvalue weighted by atomic mass is 16.5. The number of carbonyl (C=O) groups excluding carboxylic acids is 2. The van der Waals surface area contributed by atoms with Gasteiger partial charge in [0.2, 0.25) is 5.91 Å². The molecule has 0 saturated heterocycles. The molecule has 0 radical (unpaired) electrons. The first-order chi connectivity index (χ1) is 35.5. The number of unbranched alkanes of at least 4 members (excludes halogenated alkanes) is 42. The van der Waals surface area contributed by atoms with Crippen molar-refractivity contribution in [2.75, 3.05) is 13.2 Å². The number of rotatable bonds is 59. The van der Waals surface area contributed by atoms with E-state index < -0.39 is 12.1 Å². The molecule has 1 amide bonds. The average molecular weight is 1010 g/mol. The number of hydrogen-bond donors (Lipinski definition) is 3. The molecule has 0 aromatic heterocycles. The molecule has 0 bridgehead atoms. The maximum atomic E-state index is 12.5. The Labute approximate surface area is 448 Å². The number of aliphatic hydroxyl groups excluding tert-OH is 2. The Kier molecular flexibility index (Phi) is 59.5. The van der Waals surface area contributed by atoms with Crippen molar-refractivity contribution in [1.82, 2.24) is 5.32 Å². The summed E-state index contributed by atoms with van der Waals surface area (Å²) < 4.78 is 5.47. The molecule has 422 valence electrons. The van der Waals surface area contributed by atoms with Crippen molar-refractivity contribution in [3.63, 3.8) is 0 Å². The van der Waals surface area contributed by atoms with E-state index in [9.17, 15) is 19.8 Å². The van der Waals surface area contributed by atoms with Crippen molar-refractivity contribution < 1.29 is 24.5 Å². The lowest BCUT2D eigenvalue weighted by molar-refractivity contribution is -0.143. The van der Waals surface area contributed by atoms with Gasteiger partial charge in [0.25, 0.3) is 0 Å². The summed E-state index contributed by atoms with van der Waals surface area (Å²) in [6.45, 7) is 4.84.